The zero-order valence-electron chi connectivity index (χ0n) is 14.1. The molecular weight excluding hydrogens is 360 g/mol. The number of esters is 1. The van der Waals surface area contributed by atoms with Gasteiger partial charge in [0.25, 0.3) is 0 Å². The molecule has 0 aliphatic heterocycles. The minimum Gasteiger partial charge on any atom is -0.451 e. The Morgan fingerprint density at radius 2 is 1.70 bits per heavy atom. The molecule has 0 N–H and O–H groups in total. The fraction of sp³-hybridized carbons (Fsp3) is 0.100. The van der Waals surface area contributed by atoms with Crippen LogP contribution in [0.5, 0.6) is 0 Å². The number of carbonyl (C=O) groups excluding carboxylic acids is 1. The number of benzene rings is 2. The molecule has 1 aliphatic rings. The van der Waals surface area contributed by atoms with Crippen molar-refractivity contribution in [2.75, 3.05) is 0 Å². The second-order valence-corrected chi connectivity index (χ2v) is 7.11. The molecule has 0 unspecified atom stereocenters. The Kier molecular flexibility index (Phi) is 3.79. The molecule has 2 heterocycles. The molecule has 7 heteroatoms. The van der Waals surface area contributed by atoms with Crippen LogP contribution in [0, 0.1) is 0 Å². The number of nitrogens with zero attached hydrogens (tertiary/aromatic N) is 4. The average Bonchev–Trinajstić information content (AvgIpc) is 3.42. The highest BCUT2D eigenvalue weighted by Crippen LogP contribution is 2.45. The summed E-state index contributed by atoms with van der Waals surface area (Å²) < 4.78 is 5.80. The summed E-state index contributed by atoms with van der Waals surface area (Å²) in [7, 11) is 0. The van der Waals surface area contributed by atoms with Gasteiger partial charge in [-0.05, 0) is 27.8 Å². The smallest absolute Gasteiger partial charge is 0.330 e. The first-order valence-electron chi connectivity index (χ1n) is 8.49. The molecule has 6 nitrogen and oxygen atoms in total. The van der Waals surface area contributed by atoms with E-state index in [1.807, 2.05) is 66.0 Å². The van der Waals surface area contributed by atoms with Gasteiger partial charge in [-0.15, -0.1) is 21.5 Å². The third-order valence-electron chi connectivity index (χ3n) is 4.49. The van der Waals surface area contributed by atoms with Crippen LogP contribution in [0.3, 0.4) is 0 Å². The summed E-state index contributed by atoms with van der Waals surface area (Å²) >= 11 is 1.52. The Morgan fingerprint density at radius 1 is 1.00 bits per heavy atom. The lowest BCUT2D eigenvalue weighted by atomic mass is 10.1. The van der Waals surface area contributed by atoms with Gasteiger partial charge in [0.1, 0.15) is 0 Å². The van der Waals surface area contributed by atoms with Gasteiger partial charge in [-0.3, -0.25) is 0 Å². The van der Waals surface area contributed by atoms with E-state index in [1.165, 1.54) is 16.1 Å². The van der Waals surface area contributed by atoms with E-state index in [-0.39, 0.29) is 6.54 Å². The Labute approximate surface area is 159 Å². The number of tetrazole rings is 1. The highest BCUT2D eigenvalue weighted by molar-refractivity contribution is 7.13. The quantitative estimate of drug-likeness (QED) is 0.509. The van der Waals surface area contributed by atoms with E-state index < -0.39 is 12.1 Å². The minimum atomic E-state index is -0.412. The van der Waals surface area contributed by atoms with E-state index >= 15 is 0 Å². The highest BCUT2D eigenvalue weighted by atomic mass is 32.1. The maximum Gasteiger partial charge on any atom is 0.330 e. The van der Waals surface area contributed by atoms with Crippen molar-refractivity contribution in [3.05, 3.63) is 77.2 Å². The maximum atomic E-state index is 12.5. The molecule has 0 fully saturated rings. The van der Waals surface area contributed by atoms with Gasteiger partial charge in [0.2, 0.25) is 5.82 Å². The second-order valence-electron chi connectivity index (χ2n) is 6.17. The molecule has 0 atom stereocenters. The molecule has 4 aromatic rings. The van der Waals surface area contributed by atoms with Crippen LogP contribution in [0.25, 0.3) is 21.8 Å². The lowest BCUT2D eigenvalue weighted by molar-refractivity contribution is -0.148. The highest BCUT2D eigenvalue weighted by Gasteiger charge is 2.31. The maximum absolute atomic E-state index is 12.5. The number of rotatable bonds is 4. The van der Waals surface area contributed by atoms with Gasteiger partial charge >= 0.3 is 5.97 Å². The summed E-state index contributed by atoms with van der Waals surface area (Å²) in [4.78, 5) is 14.7. The average molecular weight is 374 g/mol. The van der Waals surface area contributed by atoms with Crippen LogP contribution in [-0.4, -0.2) is 26.2 Å². The third kappa shape index (κ3) is 2.82. The number of hydrogen-bond acceptors (Lipinski definition) is 6. The molecule has 0 saturated carbocycles. The van der Waals surface area contributed by atoms with E-state index in [0.717, 1.165) is 27.1 Å². The van der Waals surface area contributed by atoms with Crippen molar-refractivity contribution in [2.45, 2.75) is 12.6 Å². The first-order valence-corrected chi connectivity index (χ1v) is 9.37. The lowest BCUT2D eigenvalue weighted by Crippen LogP contribution is -2.18. The van der Waals surface area contributed by atoms with Crippen molar-refractivity contribution in [3.63, 3.8) is 0 Å². The van der Waals surface area contributed by atoms with Crippen molar-refractivity contribution in [2.24, 2.45) is 0 Å². The van der Waals surface area contributed by atoms with Gasteiger partial charge in [0.05, 0.1) is 4.88 Å². The number of hydrogen-bond donors (Lipinski definition) is 0. The van der Waals surface area contributed by atoms with Gasteiger partial charge in [0.15, 0.2) is 12.6 Å². The molecular formula is C20H14N4O2S. The molecule has 0 bridgehead atoms. The van der Waals surface area contributed by atoms with Gasteiger partial charge < -0.3 is 4.74 Å². The first-order chi connectivity index (χ1) is 13.3. The van der Waals surface area contributed by atoms with Crippen LogP contribution in [0.15, 0.2) is 66.0 Å². The molecule has 0 amide bonds. The Hall–Kier alpha value is -3.32. The van der Waals surface area contributed by atoms with Crippen LogP contribution in [0.2, 0.25) is 0 Å². The lowest BCUT2D eigenvalue weighted by Gasteiger charge is -2.14. The number of ether oxygens (including phenoxy) is 1. The largest absolute Gasteiger partial charge is 0.451 e. The molecule has 132 valence electrons. The second kappa shape index (κ2) is 6.44. The first kappa shape index (κ1) is 15.9. The van der Waals surface area contributed by atoms with Crippen molar-refractivity contribution in [3.8, 4) is 21.8 Å². The van der Waals surface area contributed by atoms with E-state index in [0.29, 0.717) is 5.82 Å². The number of fused-ring (bicyclic) bond motifs is 3. The van der Waals surface area contributed by atoms with Gasteiger partial charge in [-0.2, -0.15) is 4.80 Å². The van der Waals surface area contributed by atoms with Crippen LogP contribution in [0.4, 0.5) is 0 Å². The van der Waals surface area contributed by atoms with Gasteiger partial charge in [0, 0.05) is 11.1 Å². The van der Waals surface area contributed by atoms with Crippen molar-refractivity contribution in [1.82, 2.24) is 20.2 Å². The van der Waals surface area contributed by atoms with Crippen molar-refractivity contribution < 1.29 is 9.53 Å². The van der Waals surface area contributed by atoms with Crippen molar-refractivity contribution >= 4 is 17.3 Å². The standard InChI is InChI=1S/C20H14N4O2S/c25-18(12-24-22-20(21-23-24)17-10-5-11-27-17)26-19-15-8-3-1-6-13(15)14-7-2-4-9-16(14)19/h1-11,19H,12H2. The van der Waals surface area contributed by atoms with E-state index in [9.17, 15) is 4.79 Å². The Bertz CT molecular complexity index is 1070. The molecule has 0 radical (unpaired) electrons. The molecule has 2 aromatic carbocycles. The summed E-state index contributed by atoms with van der Waals surface area (Å²) in [5, 5.41) is 14.2. The molecule has 2 aromatic heterocycles. The summed E-state index contributed by atoms with van der Waals surface area (Å²) in [5.41, 5.74) is 4.20. The summed E-state index contributed by atoms with van der Waals surface area (Å²) in [6.45, 7) is -0.0841. The fourth-order valence-electron chi connectivity index (χ4n) is 3.34. The molecule has 27 heavy (non-hydrogen) atoms. The van der Waals surface area contributed by atoms with Gasteiger partial charge in [-0.25, -0.2) is 4.79 Å². The fourth-order valence-corrected chi connectivity index (χ4v) is 3.98. The molecule has 1 aliphatic carbocycles. The summed E-state index contributed by atoms with van der Waals surface area (Å²) in [6.07, 6.45) is -0.412. The number of aromatic nitrogens is 4. The predicted octanol–water partition coefficient (Wildman–Crippen LogP) is 3.71. The van der Waals surface area contributed by atoms with E-state index in [4.69, 9.17) is 4.74 Å². The number of thiophene rings is 1. The van der Waals surface area contributed by atoms with Crippen LogP contribution >= 0.6 is 11.3 Å². The third-order valence-corrected chi connectivity index (χ3v) is 5.36. The Balaban J connectivity index is 1.37. The van der Waals surface area contributed by atoms with E-state index in [2.05, 4.69) is 15.4 Å². The number of carbonyl (C=O) groups is 1. The van der Waals surface area contributed by atoms with Crippen LogP contribution < -0.4 is 0 Å². The Morgan fingerprint density at radius 3 is 2.37 bits per heavy atom. The molecule has 5 rings (SSSR count). The zero-order valence-corrected chi connectivity index (χ0v) is 15.0. The van der Waals surface area contributed by atoms with Crippen LogP contribution in [-0.2, 0) is 16.1 Å². The topological polar surface area (TPSA) is 69.9 Å². The van der Waals surface area contributed by atoms with Crippen molar-refractivity contribution in [1.29, 1.82) is 0 Å². The summed E-state index contributed by atoms with van der Waals surface area (Å²) in [5.74, 6) is 0.107. The van der Waals surface area contributed by atoms with Gasteiger partial charge in [-0.1, -0.05) is 54.6 Å². The minimum absolute atomic E-state index is 0.0841. The SMILES string of the molecule is O=C(Cn1nnc(-c2cccs2)n1)OC1c2ccccc2-c2ccccc21. The van der Waals surface area contributed by atoms with Crippen LogP contribution in [0.1, 0.15) is 17.2 Å². The normalized spacial score (nSPS) is 12.6. The molecule has 0 saturated heterocycles. The van der Waals surface area contributed by atoms with E-state index in [1.54, 1.807) is 0 Å². The molecule has 0 spiro atoms. The predicted molar refractivity (Wildman–Crippen MR) is 101 cm³/mol. The monoisotopic (exact) mass is 374 g/mol. The summed E-state index contributed by atoms with van der Waals surface area (Å²) in [6, 6.07) is 19.8. The zero-order chi connectivity index (χ0) is 18.2.